The molecular weight excluding hydrogens is 276 g/mol. The summed E-state index contributed by atoms with van der Waals surface area (Å²) in [5.74, 6) is 5.11. The van der Waals surface area contributed by atoms with Crippen molar-refractivity contribution in [2.45, 2.75) is 38.3 Å². The minimum absolute atomic E-state index is 0. The van der Waals surface area contributed by atoms with Gasteiger partial charge in [-0.3, -0.25) is 20.2 Å². The van der Waals surface area contributed by atoms with Gasteiger partial charge in [0.2, 0.25) is 0 Å². The molecular formula is C10H17ClN4O4. The number of aliphatic hydroxyl groups excluding tert-OH is 1. The molecule has 1 unspecified atom stereocenters. The normalized spacial score (nSPS) is 23.9. The van der Waals surface area contributed by atoms with Crippen molar-refractivity contribution in [1.29, 1.82) is 0 Å². The number of H-pyrrole nitrogens is 1. The van der Waals surface area contributed by atoms with Gasteiger partial charge in [0.1, 0.15) is 18.6 Å². The third-order valence-electron chi connectivity index (χ3n) is 3.01. The van der Waals surface area contributed by atoms with E-state index in [-0.39, 0.29) is 12.4 Å². The van der Waals surface area contributed by atoms with Crippen LogP contribution in [0.15, 0.2) is 15.8 Å². The summed E-state index contributed by atoms with van der Waals surface area (Å²) in [4.78, 5) is 25.1. The van der Waals surface area contributed by atoms with Crippen LogP contribution in [0, 0.1) is 6.92 Å². The Morgan fingerprint density at radius 3 is 2.89 bits per heavy atom. The standard InChI is InChI=1S/C10H16N4O4.ClH/c1-5-4-14(10(17)12-8(5)15)7-3-2-6(18-7)9(16)13-11;/h4,6-7,9,13,16H,2-3,11H2,1H3,(H,12,15,17);1H/t6-,7+,9?;/m0./s1. The quantitative estimate of drug-likeness (QED) is 0.313. The van der Waals surface area contributed by atoms with E-state index in [0.29, 0.717) is 18.4 Å². The van der Waals surface area contributed by atoms with Gasteiger partial charge >= 0.3 is 5.69 Å². The molecule has 1 fully saturated rings. The van der Waals surface area contributed by atoms with Gasteiger partial charge in [0, 0.05) is 11.8 Å². The summed E-state index contributed by atoms with van der Waals surface area (Å²) >= 11 is 0. The number of ether oxygens (including phenoxy) is 1. The molecule has 1 aromatic heterocycles. The predicted molar refractivity (Wildman–Crippen MR) is 69.8 cm³/mol. The molecule has 0 aliphatic carbocycles. The Hall–Kier alpha value is -1.19. The van der Waals surface area contributed by atoms with Crippen molar-refractivity contribution in [3.05, 3.63) is 32.6 Å². The fraction of sp³-hybridized carbons (Fsp3) is 0.600. The van der Waals surface area contributed by atoms with Crippen molar-refractivity contribution >= 4 is 12.4 Å². The van der Waals surface area contributed by atoms with Crippen LogP contribution in [0.4, 0.5) is 0 Å². The van der Waals surface area contributed by atoms with Gasteiger partial charge in [0.25, 0.3) is 5.56 Å². The Kier molecular flexibility index (Phi) is 5.27. The molecule has 1 aromatic rings. The van der Waals surface area contributed by atoms with E-state index in [1.165, 1.54) is 10.8 Å². The van der Waals surface area contributed by atoms with Crippen molar-refractivity contribution in [2.75, 3.05) is 0 Å². The number of hydrogen-bond acceptors (Lipinski definition) is 6. The first kappa shape index (κ1) is 15.9. The van der Waals surface area contributed by atoms with Crippen molar-refractivity contribution in [3.8, 4) is 0 Å². The van der Waals surface area contributed by atoms with Gasteiger partial charge in [-0.15, -0.1) is 12.4 Å². The number of aromatic nitrogens is 2. The summed E-state index contributed by atoms with van der Waals surface area (Å²) in [6, 6.07) is 0. The molecule has 1 aliphatic rings. The maximum atomic E-state index is 11.6. The van der Waals surface area contributed by atoms with Crippen LogP contribution in [-0.4, -0.2) is 27.0 Å². The summed E-state index contributed by atoms with van der Waals surface area (Å²) in [5.41, 5.74) is 1.70. The van der Waals surface area contributed by atoms with Gasteiger partial charge in [0.05, 0.1) is 0 Å². The largest absolute Gasteiger partial charge is 0.375 e. The number of hydrogen-bond donors (Lipinski definition) is 4. The molecule has 0 bridgehead atoms. The van der Waals surface area contributed by atoms with E-state index in [9.17, 15) is 14.7 Å². The van der Waals surface area contributed by atoms with Crippen molar-refractivity contribution in [3.63, 3.8) is 0 Å². The zero-order valence-corrected chi connectivity index (χ0v) is 11.1. The van der Waals surface area contributed by atoms with E-state index in [4.69, 9.17) is 10.6 Å². The monoisotopic (exact) mass is 292 g/mol. The number of nitrogens with two attached hydrogens (primary N) is 1. The zero-order chi connectivity index (χ0) is 13.3. The Morgan fingerprint density at radius 2 is 2.26 bits per heavy atom. The second-order valence-electron chi connectivity index (χ2n) is 4.30. The highest BCUT2D eigenvalue weighted by atomic mass is 35.5. The van der Waals surface area contributed by atoms with Gasteiger partial charge in [-0.05, 0) is 19.8 Å². The van der Waals surface area contributed by atoms with E-state index in [0.717, 1.165) is 0 Å². The highest BCUT2D eigenvalue weighted by molar-refractivity contribution is 5.85. The zero-order valence-electron chi connectivity index (χ0n) is 10.3. The number of rotatable bonds is 3. The van der Waals surface area contributed by atoms with Gasteiger partial charge in [-0.1, -0.05) is 0 Å². The number of halogens is 1. The number of nitrogens with one attached hydrogen (secondary N) is 2. The molecule has 0 aromatic carbocycles. The minimum Gasteiger partial charge on any atom is -0.375 e. The summed E-state index contributed by atoms with van der Waals surface area (Å²) in [6.07, 6.45) is 0.640. The molecule has 8 nitrogen and oxygen atoms in total. The average Bonchev–Trinajstić information content (AvgIpc) is 2.82. The van der Waals surface area contributed by atoms with E-state index in [1.807, 2.05) is 0 Å². The molecule has 3 atom stereocenters. The van der Waals surface area contributed by atoms with E-state index in [1.54, 1.807) is 6.92 Å². The SMILES string of the molecule is Cc1cn([C@H]2CC[C@@H](C(O)NN)O2)c(=O)[nH]c1=O.Cl. The summed E-state index contributed by atoms with van der Waals surface area (Å²) in [6.45, 7) is 1.61. The Morgan fingerprint density at radius 1 is 1.58 bits per heavy atom. The number of aromatic amines is 1. The topological polar surface area (TPSA) is 122 Å². The second-order valence-corrected chi connectivity index (χ2v) is 4.30. The summed E-state index contributed by atoms with van der Waals surface area (Å²) < 4.78 is 6.84. The lowest BCUT2D eigenvalue weighted by Gasteiger charge is -2.19. The molecule has 108 valence electrons. The van der Waals surface area contributed by atoms with Crippen LogP contribution < -0.4 is 22.5 Å². The molecule has 0 spiro atoms. The smallest absolute Gasteiger partial charge is 0.330 e. The Bertz CT molecular complexity index is 543. The van der Waals surface area contributed by atoms with Crippen LogP contribution >= 0.6 is 12.4 Å². The minimum atomic E-state index is -0.977. The van der Waals surface area contributed by atoms with E-state index < -0.39 is 29.8 Å². The predicted octanol–water partition coefficient (Wildman–Crippen LogP) is -1.27. The first-order valence-corrected chi connectivity index (χ1v) is 5.64. The summed E-state index contributed by atoms with van der Waals surface area (Å²) in [5, 5.41) is 9.48. The van der Waals surface area contributed by atoms with Crippen molar-refractivity contribution < 1.29 is 9.84 Å². The first-order chi connectivity index (χ1) is 8.52. The first-order valence-electron chi connectivity index (χ1n) is 5.64. The highest BCUT2D eigenvalue weighted by Crippen LogP contribution is 2.28. The molecule has 19 heavy (non-hydrogen) atoms. The van der Waals surface area contributed by atoms with Gasteiger partial charge in [0.15, 0.2) is 0 Å². The van der Waals surface area contributed by atoms with Crippen LogP contribution in [0.2, 0.25) is 0 Å². The van der Waals surface area contributed by atoms with Crippen LogP contribution in [0.1, 0.15) is 24.6 Å². The van der Waals surface area contributed by atoms with Gasteiger partial charge < -0.3 is 9.84 Å². The third kappa shape index (κ3) is 3.23. The maximum Gasteiger partial charge on any atom is 0.330 e. The van der Waals surface area contributed by atoms with Gasteiger partial charge in [-0.2, -0.15) is 0 Å². The molecule has 2 rings (SSSR count). The Labute approximate surface area is 115 Å². The third-order valence-corrected chi connectivity index (χ3v) is 3.01. The van der Waals surface area contributed by atoms with Crippen molar-refractivity contribution in [2.24, 2.45) is 5.84 Å². The van der Waals surface area contributed by atoms with Crippen LogP contribution in [0.3, 0.4) is 0 Å². The maximum absolute atomic E-state index is 11.6. The number of hydrazine groups is 1. The molecule has 1 saturated heterocycles. The molecule has 9 heteroatoms. The molecule has 1 aliphatic heterocycles. The van der Waals surface area contributed by atoms with Crippen molar-refractivity contribution in [1.82, 2.24) is 15.0 Å². The number of aliphatic hydroxyl groups is 1. The lowest BCUT2D eigenvalue weighted by Crippen LogP contribution is -2.44. The van der Waals surface area contributed by atoms with E-state index in [2.05, 4.69) is 10.4 Å². The fourth-order valence-electron chi connectivity index (χ4n) is 1.99. The number of nitrogens with zero attached hydrogens (tertiary/aromatic N) is 1. The highest BCUT2D eigenvalue weighted by Gasteiger charge is 2.31. The van der Waals surface area contributed by atoms with E-state index >= 15 is 0 Å². The number of aryl methyl sites for hydroxylation is 1. The molecule has 0 radical (unpaired) electrons. The molecule has 0 amide bonds. The average molecular weight is 293 g/mol. The lowest BCUT2D eigenvalue weighted by molar-refractivity contribution is -0.0714. The Balaban J connectivity index is 0.00000180. The van der Waals surface area contributed by atoms with Crippen LogP contribution in [-0.2, 0) is 4.74 Å². The molecule has 2 heterocycles. The molecule has 0 saturated carbocycles. The fourth-order valence-corrected chi connectivity index (χ4v) is 1.99. The van der Waals surface area contributed by atoms with Gasteiger partial charge in [-0.25, -0.2) is 10.2 Å². The molecule has 5 N–H and O–H groups in total. The second kappa shape index (κ2) is 6.31. The summed E-state index contributed by atoms with van der Waals surface area (Å²) in [7, 11) is 0. The van der Waals surface area contributed by atoms with Crippen LogP contribution in [0.25, 0.3) is 0 Å². The lowest BCUT2D eigenvalue weighted by atomic mass is 10.2. The van der Waals surface area contributed by atoms with Crippen LogP contribution in [0.5, 0.6) is 0 Å².